The van der Waals surface area contributed by atoms with Gasteiger partial charge in [0.1, 0.15) is 5.69 Å². The molecule has 0 fully saturated rings. The number of hydrogen-bond donors (Lipinski definition) is 1. The van der Waals surface area contributed by atoms with Gasteiger partial charge >= 0.3 is 0 Å². The van der Waals surface area contributed by atoms with Crippen molar-refractivity contribution in [2.75, 3.05) is 6.54 Å². The van der Waals surface area contributed by atoms with Gasteiger partial charge in [-0.2, -0.15) is 0 Å². The van der Waals surface area contributed by atoms with Crippen LogP contribution in [0.15, 0.2) is 72.7 Å². The third-order valence-corrected chi connectivity index (χ3v) is 5.59. The lowest BCUT2D eigenvalue weighted by Gasteiger charge is -2.13. The summed E-state index contributed by atoms with van der Waals surface area (Å²) in [7, 11) is 0. The molecule has 4 nitrogen and oxygen atoms in total. The first-order chi connectivity index (χ1) is 14.2. The number of amides is 1. The molecule has 0 saturated heterocycles. The van der Waals surface area contributed by atoms with E-state index in [0.29, 0.717) is 12.2 Å². The molecule has 0 bridgehead atoms. The van der Waals surface area contributed by atoms with E-state index in [4.69, 9.17) is 0 Å². The summed E-state index contributed by atoms with van der Waals surface area (Å²) >= 11 is 0. The van der Waals surface area contributed by atoms with E-state index in [1.54, 1.807) is 12.5 Å². The fourth-order valence-electron chi connectivity index (χ4n) is 3.93. The third kappa shape index (κ3) is 4.48. The predicted octanol–water partition coefficient (Wildman–Crippen LogP) is 5.47. The number of nitrogens with zero attached hydrogens (tertiary/aromatic N) is 2. The van der Waals surface area contributed by atoms with Crippen molar-refractivity contribution < 1.29 is 4.79 Å². The number of carbonyl (C=O) groups excluding carboxylic acids is 1. The van der Waals surface area contributed by atoms with Crippen molar-refractivity contribution in [1.29, 1.82) is 0 Å². The summed E-state index contributed by atoms with van der Waals surface area (Å²) in [6.07, 6.45) is 11.5. The molecule has 0 aliphatic heterocycles. The highest BCUT2D eigenvalue weighted by molar-refractivity contribution is 5.93. The number of imidazole rings is 1. The first-order valence-corrected chi connectivity index (χ1v) is 10.4. The van der Waals surface area contributed by atoms with E-state index >= 15 is 0 Å². The maximum Gasteiger partial charge on any atom is 0.269 e. The molecule has 3 aromatic rings. The first-order valence-electron chi connectivity index (χ1n) is 10.4. The lowest BCUT2D eigenvalue weighted by molar-refractivity contribution is 0.0947. The van der Waals surface area contributed by atoms with Crippen LogP contribution in [0, 0.1) is 6.92 Å². The van der Waals surface area contributed by atoms with E-state index < -0.39 is 0 Å². The lowest BCUT2D eigenvalue weighted by atomic mass is 9.97. The average Bonchev–Trinajstić information content (AvgIpc) is 3.25. The molecule has 29 heavy (non-hydrogen) atoms. The lowest BCUT2D eigenvalue weighted by Crippen LogP contribution is -2.26. The maximum atomic E-state index is 12.7. The number of rotatable bonds is 6. The second-order valence-electron chi connectivity index (χ2n) is 7.62. The molecule has 148 valence electrons. The van der Waals surface area contributed by atoms with Gasteiger partial charge in [-0.25, -0.2) is 4.98 Å². The Labute approximate surface area is 172 Å². The Morgan fingerprint density at radius 2 is 1.93 bits per heavy atom. The van der Waals surface area contributed by atoms with Gasteiger partial charge in [-0.15, -0.1) is 0 Å². The van der Waals surface area contributed by atoms with Crippen molar-refractivity contribution in [1.82, 2.24) is 14.9 Å². The van der Waals surface area contributed by atoms with Crippen molar-refractivity contribution in [3.63, 3.8) is 0 Å². The number of aromatic nitrogens is 2. The standard InChI is InChI=1S/C25H27N3O/c1-19-7-5-6-10-23(19)21-11-13-22(14-12-21)28-18-26-17-24(28)25(29)27-16-15-20-8-3-2-4-9-20/h5-8,10-14,17-18H,2-4,9,15-16H2,1H3,(H,27,29). The Morgan fingerprint density at radius 1 is 1.10 bits per heavy atom. The van der Waals surface area contributed by atoms with E-state index in [9.17, 15) is 4.79 Å². The Kier molecular flexibility index (Phi) is 5.89. The van der Waals surface area contributed by atoms with Crippen molar-refractivity contribution in [2.24, 2.45) is 0 Å². The van der Waals surface area contributed by atoms with Crippen LogP contribution in [0.25, 0.3) is 16.8 Å². The van der Waals surface area contributed by atoms with Gasteiger partial charge in [0.25, 0.3) is 5.91 Å². The van der Waals surface area contributed by atoms with Crippen LogP contribution >= 0.6 is 0 Å². The molecule has 4 heteroatoms. The van der Waals surface area contributed by atoms with Gasteiger partial charge in [0.05, 0.1) is 12.5 Å². The van der Waals surface area contributed by atoms with Crippen LogP contribution < -0.4 is 5.32 Å². The van der Waals surface area contributed by atoms with E-state index in [1.165, 1.54) is 47.9 Å². The zero-order valence-electron chi connectivity index (χ0n) is 16.9. The molecule has 0 radical (unpaired) electrons. The number of nitrogens with one attached hydrogen (secondary N) is 1. The molecule has 0 atom stereocenters. The minimum absolute atomic E-state index is 0.0816. The zero-order chi connectivity index (χ0) is 20.1. The molecule has 1 aromatic heterocycles. The first kappa shape index (κ1) is 19.2. The normalized spacial score (nSPS) is 13.8. The Hall–Kier alpha value is -3.14. The van der Waals surface area contributed by atoms with E-state index in [-0.39, 0.29) is 5.91 Å². The van der Waals surface area contributed by atoms with E-state index in [0.717, 1.165) is 12.1 Å². The Balaban J connectivity index is 1.45. The quantitative estimate of drug-likeness (QED) is 0.572. The third-order valence-electron chi connectivity index (χ3n) is 5.59. The summed E-state index contributed by atoms with van der Waals surface area (Å²) in [6, 6.07) is 16.6. The number of hydrogen-bond acceptors (Lipinski definition) is 2. The highest BCUT2D eigenvalue weighted by Crippen LogP contribution is 2.24. The summed E-state index contributed by atoms with van der Waals surface area (Å²) < 4.78 is 1.84. The summed E-state index contributed by atoms with van der Waals surface area (Å²) in [5.41, 5.74) is 6.59. The van der Waals surface area contributed by atoms with Crippen LogP contribution in [0.5, 0.6) is 0 Å². The molecule has 2 aromatic carbocycles. The van der Waals surface area contributed by atoms with Gasteiger partial charge < -0.3 is 5.32 Å². The number of carbonyl (C=O) groups is 1. The smallest absolute Gasteiger partial charge is 0.269 e. The highest BCUT2D eigenvalue weighted by Gasteiger charge is 2.13. The van der Waals surface area contributed by atoms with Gasteiger partial charge in [-0.05, 0) is 67.9 Å². The van der Waals surface area contributed by atoms with Crippen LogP contribution in [0.4, 0.5) is 0 Å². The molecular formula is C25H27N3O. The van der Waals surface area contributed by atoms with E-state index in [1.807, 2.05) is 22.8 Å². The zero-order valence-corrected chi connectivity index (χ0v) is 16.9. The number of benzene rings is 2. The minimum atomic E-state index is -0.0816. The molecule has 1 aliphatic carbocycles. The summed E-state index contributed by atoms with van der Waals surface area (Å²) in [6.45, 7) is 2.78. The summed E-state index contributed by atoms with van der Waals surface area (Å²) in [4.78, 5) is 16.9. The molecule has 1 heterocycles. The van der Waals surface area contributed by atoms with Crippen LogP contribution in [0.2, 0.25) is 0 Å². The minimum Gasteiger partial charge on any atom is -0.350 e. The molecule has 4 rings (SSSR count). The molecule has 1 amide bonds. The number of aryl methyl sites for hydroxylation is 1. The summed E-state index contributed by atoms with van der Waals surface area (Å²) in [5.74, 6) is -0.0816. The monoisotopic (exact) mass is 385 g/mol. The van der Waals surface area contributed by atoms with Gasteiger partial charge in [-0.1, -0.05) is 48.0 Å². The summed E-state index contributed by atoms with van der Waals surface area (Å²) in [5, 5.41) is 3.05. The molecule has 0 unspecified atom stereocenters. The van der Waals surface area contributed by atoms with Gasteiger partial charge in [0.2, 0.25) is 0 Å². The van der Waals surface area contributed by atoms with Crippen molar-refractivity contribution in [3.05, 3.63) is 84.0 Å². The fourth-order valence-corrected chi connectivity index (χ4v) is 3.93. The molecular weight excluding hydrogens is 358 g/mol. The highest BCUT2D eigenvalue weighted by atomic mass is 16.1. The van der Waals surface area contributed by atoms with Crippen molar-refractivity contribution in [3.8, 4) is 16.8 Å². The molecule has 0 spiro atoms. The van der Waals surface area contributed by atoms with Crippen LogP contribution in [0.1, 0.15) is 48.2 Å². The Bertz CT molecular complexity index is 1010. The molecule has 1 aliphatic rings. The largest absolute Gasteiger partial charge is 0.350 e. The molecule has 0 saturated carbocycles. The van der Waals surface area contributed by atoms with Crippen LogP contribution in [-0.4, -0.2) is 22.0 Å². The SMILES string of the molecule is Cc1ccccc1-c1ccc(-n2cncc2C(=O)NCCC2=CCCCC2)cc1. The van der Waals surface area contributed by atoms with Crippen molar-refractivity contribution >= 4 is 5.91 Å². The van der Waals surface area contributed by atoms with Crippen LogP contribution in [0.3, 0.4) is 0 Å². The van der Waals surface area contributed by atoms with E-state index in [2.05, 4.69) is 53.6 Å². The maximum absolute atomic E-state index is 12.7. The number of allylic oxidation sites excluding steroid dienone is 1. The average molecular weight is 386 g/mol. The Morgan fingerprint density at radius 3 is 2.69 bits per heavy atom. The van der Waals surface area contributed by atoms with Crippen LogP contribution in [-0.2, 0) is 0 Å². The van der Waals surface area contributed by atoms with Gasteiger partial charge in [-0.3, -0.25) is 9.36 Å². The second-order valence-corrected chi connectivity index (χ2v) is 7.62. The van der Waals surface area contributed by atoms with Gasteiger partial charge in [0.15, 0.2) is 0 Å². The van der Waals surface area contributed by atoms with Crippen molar-refractivity contribution in [2.45, 2.75) is 39.0 Å². The topological polar surface area (TPSA) is 46.9 Å². The molecule has 1 N–H and O–H groups in total. The van der Waals surface area contributed by atoms with Gasteiger partial charge in [0, 0.05) is 12.2 Å². The second kappa shape index (κ2) is 8.91. The fraction of sp³-hybridized carbons (Fsp3) is 0.280. The predicted molar refractivity (Wildman–Crippen MR) is 117 cm³/mol.